The second kappa shape index (κ2) is 5.28. The van der Waals surface area contributed by atoms with E-state index >= 15 is 0 Å². The van der Waals surface area contributed by atoms with Crippen molar-refractivity contribution in [3.05, 3.63) is 78.4 Å². The number of thioether (sulfide) groups is 1. The first-order chi connectivity index (χ1) is 8.92. The molecule has 88 valence electrons. The Morgan fingerprint density at radius 3 is 1.94 bits per heavy atom. The topological polar surface area (TPSA) is 0 Å². The Labute approximate surface area is 112 Å². The zero-order valence-corrected chi connectivity index (χ0v) is 10.9. The molecule has 0 fully saturated rings. The van der Waals surface area contributed by atoms with E-state index in [1.807, 2.05) is 11.8 Å². The molecule has 2 aliphatic carbocycles. The van der Waals surface area contributed by atoms with Gasteiger partial charge in [0.25, 0.3) is 0 Å². The first-order valence-electron chi connectivity index (χ1n) is 6.07. The normalized spacial score (nSPS) is 10.7. The van der Waals surface area contributed by atoms with E-state index in [9.17, 15) is 0 Å². The molecule has 0 N–H and O–H groups in total. The van der Waals surface area contributed by atoms with Gasteiger partial charge in [-0.25, -0.2) is 0 Å². The van der Waals surface area contributed by atoms with Crippen LogP contribution in [0.1, 0.15) is 5.56 Å². The van der Waals surface area contributed by atoms with Crippen LogP contribution in [-0.4, -0.2) is 0 Å². The van der Waals surface area contributed by atoms with E-state index in [1.54, 1.807) is 0 Å². The lowest BCUT2D eigenvalue weighted by molar-refractivity contribution is 1.40. The Bertz CT molecular complexity index is 570. The van der Waals surface area contributed by atoms with Crippen molar-refractivity contribution in [1.29, 1.82) is 0 Å². The Morgan fingerprint density at radius 2 is 1.28 bits per heavy atom. The van der Waals surface area contributed by atoms with Gasteiger partial charge in [0.1, 0.15) is 0 Å². The van der Waals surface area contributed by atoms with E-state index in [1.165, 1.54) is 21.6 Å². The van der Waals surface area contributed by atoms with Crippen LogP contribution < -0.4 is 0 Å². The zero-order valence-electron chi connectivity index (χ0n) is 10.0. The monoisotopic (exact) mass is 250 g/mol. The molecule has 0 aromatic heterocycles. The van der Waals surface area contributed by atoms with Gasteiger partial charge in [0.2, 0.25) is 0 Å². The first-order valence-corrected chi connectivity index (χ1v) is 7.06. The van der Waals surface area contributed by atoms with E-state index < -0.39 is 0 Å². The van der Waals surface area contributed by atoms with Crippen LogP contribution in [0.5, 0.6) is 0 Å². The molecule has 0 heterocycles. The third-order valence-corrected chi connectivity index (χ3v) is 4.07. The molecule has 0 amide bonds. The van der Waals surface area contributed by atoms with Crippen LogP contribution in [0.3, 0.4) is 0 Å². The molecule has 1 aromatic rings. The van der Waals surface area contributed by atoms with Gasteiger partial charge < -0.3 is 0 Å². The summed E-state index contributed by atoms with van der Waals surface area (Å²) in [6.45, 7) is 0. The molecule has 0 saturated heterocycles. The lowest BCUT2D eigenvalue weighted by Crippen LogP contribution is -1.76. The minimum Gasteiger partial charge on any atom is -0.121 e. The van der Waals surface area contributed by atoms with Crippen molar-refractivity contribution in [2.24, 2.45) is 0 Å². The predicted octanol–water partition coefficient (Wildman–Crippen LogP) is 5.08. The highest BCUT2D eigenvalue weighted by Gasteiger charge is 2.00. The summed E-state index contributed by atoms with van der Waals surface area (Å²) in [6.07, 6.45) is 0. The lowest BCUT2D eigenvalue weighted by atomic mass is 10.2. The largest absolute Gasteiger partial charge is 0.121 e. The maximum atomic E-state index is 2.22. The van der Waals surface area contributed by atoms with Crippen LogP contribution in [0.2, 0.25) is 0 Å². The Morgan fingerprint density at radius 1 is 0.611 bits per heavy atom. The van der Waals surface area contributed by atoms with Crippen molar-refractivity contribution in [2.75, 3.05) is 0 Å². The molecule has 0 spiro atoms. The predicted molar refractivity (Wildman–Crippen MR) is 79.1 cm³/mol. The van der Waals surface area contributed by atoms with Gasteiger partial charge in [-0.1, -0.05) is 60.7 Å². The highest BCUT2D eigenvalue weighted by atomic mass is 32.2. The van der Waals surface area contributed by atoms with Crippen LogP contribution in [0, 0.1) is 0 Å². The molecule has 0 aliphatic heterocycles. The average Bonchev–Trinajstić information content (AvgIpc) is 2.78. The number of hydrogen-bond acceptors (Lipinski definition) is 1. The van der Waals surface area contributed by atoms with Crippen molar-refractivity contribution in [2.45, 2.75) is 10.6 Å². The summed E-state index contributed by atoms with van der Waals surface area (Å²) >= 11 is 1.88. The summed E-state index contributed by atoms with van der Waals surface area (Å²) in [7, 11) is 0. The van der Waals surface area contributed by atoms with E-state index in [0.29, 0.717) is 0 Å². The number of fused-ring (bicyclic) bond motifs is 1. The van der Waals surface area contributed by atoms with Crippen molar-refractivity contribution < 1.29 is 0 Å². The van der Waals surface area contributed by atoms with Gasteiger partial charge in [0, 0.05) is 10.6 Å². The van der Waals surface area contributed by atoms with Gasteiger partial charge in [-0.3, -0.25) is 0 Å². The van der Waals surface area contributed by atoms with Gasteiger partial charge in [-0.15, -0.1) is 11.8 Å². The van der Waals surface area contributed by atoms with E-state index in [-0.39, 0.29) is 0 Å². The molecule has 0 radical (unpaired) electrons. The molecule has 3 rings (SSSR count). The van der Waals surface area contributed by atoms with Crippen molar-refractivity contribution in [3.8, 4) is 11.1 Å². The fraction of sp³-hybridized carbons (Fsp3) is 0.0588. The molecule has 0 nitrogen and oxygen atoms in total. The number of benzene rings is 1. The summed E-state index contributed by atoms with van der Waals surface area (Å²) < 4.78 is 0. The summed E-state index contributed by atoms with van der Waals surface area (Å²) in [5.74, 6) is 1.02. The van der Waals surface area contributed by atoms with Gasteiger partial charge >= 0.3 is 0 Å². The first kappa shape index (κ1) is 11.4. The maximum absolute atomic E-state index is 2.22. The van der Waals surface area contributed by atoms with Crippen molar-refractivity contribution in [1.82, 2.24) is 0 Å². The second-order valence-electron chi connectivity index (χ2n) is 4.28. The summed E-state index contributed by atoms with van der Waals surface area (Å²) in [4.78, 5) is 1.32. The van der Waals surface area contributed by atoms with Gasteiger partial charge in [0.05, 0.1) is 0 Å². The Kier molecular flexibility index (Phi) is 3.33. The SMILES string of the molecule is c1ccc(SCc2ccc3cccc-3cc2)cc1. The van der Waals surface area contributed by atoms with Crippen LogP contribution in [0.25, 0.3) is 11.1 Å². The zero-order chi connectivity index (χ0) is 12.2. The van der Waals surface area contributed by atoms with Crippen LogP contribution in [-0.2, 0) is 5.75 Å². The molecule has 2 aliphatic rings. The molecule has 18 heavy (non-hydrogen) atoms. The molecule has 0 unspecified atom stereocenters. The van der Waals surface area contributed by atoms with Crippen molar-refractivity contribution in [3.63, 3.8) is 0 Å². The summed E-state index contributed by atoms with van der Waals surface area (Å²) in [5.41, 5.74) is 3.98. The molecule has 1 heteroatoms. The second-order valence-corrected chi connectivity index (χ2v) is 5.33. The molecular weight excluding hydrogens is 236 g/mol. The Hall–Kier alpha value is -1.73. The van der Waals surface area contributed by atoms with Gasteiger partial charge in [-0.05, 0) is 28.8 Å². The minimum atomic E-state index is 1.02. The highest BCUT2D eigenvalue weighted by Crippen LogP contribution is 2.25. The van der Waals surface area contributed by atoms with Crippen LogP contribution >= 0.6 is 11.8 Å². The lowest BCUT2D eigenvalue weighted by Gasteiger charge is -1.99. The van der Waals surface area contributed by atoms with Crippen LogP contribution in [0.15, 0.2) is 77.7 Å². The van der Waals surface area contributed by atoms with Gasteiger partial charge in [-0.2, -0.15) is 0 Å². The van der Waals surface area contributed by atoms with E-state index in [0.717, 1.165) is 5.75 Å². The third kappa shape index (κ3) is 2.57. The average molecular weight is 250 g/mol. The molecule has 0 atom stereocenters. The molecule has 0 saturated carbocycles. The highest BCUT2D eigenvalue weighted by molar-refractivity contribution is 7.98. The summed E-state index contributed by atoms with van der Waals surface area (Å²) in [6, 6.07) is 25.8. The molecule has 1 aromatic carbocycles. The Balaban J connectivity index is 1.77. The number of rotatable bonds is 3. The van der Waals surface area contributed by atoms with E-state index in [2.05, 4.69) is 72.8 Å². The third-order valence-electron chi connectivity index (χ3n) is 2.99. The number of hydrogen-bond donors (Lipinski definition) is 0. The summed E-state index contributed by atoms with van der Waals surface area (Å²) in [5, 5.41) is 0. The quantitative estimate of drug-likeness (QED) is 0.584. The fourth-order valence-corrected chi connectivity index (χ4v) is 2.86. The van der Waals surface area contributed by atoms with Crippen LogP contribution in [0.4, 0.5) is 0 Å². The smallest absolute Gasteiger partial charge is 0.0232 e. The molecule has 0 bridgehead atoms. The maximum Gasteiger partial charge on any atom is 0.0232 e. The van der Waals surface area contributed by atoms with Crippen molar-refractivity contribution >= 4 is 11.8 Å². The standard InChI is InChI=1S/C17H14S/c1-2-7-17(8-3-1)18-13-14-9-11-15-5-4-6-16(15)12-10-14/h1-12H,13H2. The molecular formula is C17H14S. The van der Waals surface area contributed by atoms with Gasteiger partial charge in [0.15, 0.2) is 0 Å². The van der Waals surface area contributed by atoms with E-state index in [4.69, 9.17) is 0 Å². The fourth-order valence-electron chi connectivity index (χ4n) is 1.98. The minimum absolute atomic E-state index is 1.02.